The van der Waals surface area contributed by atoms with Gasteiger partial charge >= 0.3 is 88.7 Å². The van der Waals surface area contributed by atoms with E-state index in [1.807, 2.05) is 0 Å². The van der Waals surface area contributed by atoms with Crippen molar-refractivity contribution in [1.29, 1.82) is 0 Å². The summed E-state index contributed by atoms with van der Waals surface area (Å²) in [5.41, 5.74) is 0. The predicted octanol–water partition coefficient (Wildman–Crippen LogP) is -4.11. The fourth-order valence-corrected chi connectivity index (χ4v) is 9.39. The zero-order valence-electron chi connectivity index (χ0n) is 41.4. The summed E-state index contributed by atoms with van der Waals surface area (Å²) in [4.78, 5) is 0. The molecule has 2 aliphatic heterocycles. The molecule has 10 atom stereocenters. The van der Waals surface area contributed by atoms with Crippen LogP contribution in [0.4, 0.5) is 0 Å². The quantitative estimate of drug-likeness (QED) is 0.0197. The molecule has 2 saturated heterocycles. The first-order valence-electron chi connectivity index (χ1n) is 23.9. The molecule has 2 heterocycles. The van der Waals surface area contributed by atoms with E-state index in [1.165, 1.54) is 103 Å². The Kier molecular flexibility index (Phi) is 43.1. The van der Waals surface area contributed by atoms with E-state index in [-0.39, 0.29) is 101 Å². The Morgan fingerprint density at radius 3 is 1.21 bits per heavy atom. The van der Waals surface area contributed by atoms with Gasteiger partial charge in [-0.2, -0.15) is 0 Å². The second kappa shape index (κ2) is 40.5. The van der Waals surface area contributed by atoms with Crippen molar-refractivity contribution in [2.24, 2.45) is 5.92 Å². The van der Waals surface area contributed by atoms with Gasteiger partial charge < -0.3 is 53.0 Å². The van der Waals surface area contributed by atoms with Crippen molar-refractivity contribution in [3.8, 4) is 0 Å². The Morgan fingerprint density at radius 1 is 0.456 bits per heavy atom. The zero-order chi connectivity index (χ0) is 48.3. The fraction of sp³-hybridized carbons (Fsp3) is 1.00. The smallest absolute Gasteiger partial charge is 0.726 e. The minimum Gasteiger partial charge on any atom is -0.726 e. The molecule has 388 valence electrons. The Morgan fingerprint density at radius 2 is 0.824 bits per heavy atom. The minimum atomic E-state index is -5.68. The third-order valence-corrected chi connectivity index (χ3v) is 13.3. The first-order chi connectivity index (χ1) is 30.8. The van der Waals surface area contributed by atoms with Crippen LogP contribution in [0.25, 0.3) is 0 Å². The summed E-state index contributed by atoms with van der Waals surface area (Å²) in [6.45, 7) is 2.07. The van der Waals surface area contributed by atoms with Crippen LogP contribution in [0.15, 0.2) is 0 Å². The Balaban J connectivity index is 0. The Labute approximate surface area is 473 Å². The molecule has 20 nitrogen and oxygen atoms in total. The average Bonchev–Trinajstić information content (AvgIpc) is 3.23. The number of rotatable bonds is 39. The van der Waals surface area contributed by atoms with E-state index < -0.39 is 106 Å². The molecule has 68 heavy (non-hydrogen) atoms. The molecule has 2 aliphatic rings. The third kappa shape index (κ3) is 33.3. The van der Waals surface area contributed by atoms with Crippen molar-refractivity contribution in [3.05, 3.63) is 0 Å². The molecule has 0 saturated carbocycles. The summed E-state index contributed by atoms with van der Waals surface area (Å²) in [6.07, 6.45) is 9.45. The Bertz CT molecular complexity index is 1540. The molecular weight excluding hydrogens is 990 g/mol. The van der Waals surface area contributed by atoms with E-state index in [0.717, 1.165) is 64.2 Å². The molecule has 0 spiro atoms. The molecule has 0 bridgehead atoms. The second-order valence-corrected chi connectivity index (χ2v) is 20.7. The van der Waals surface area contributed by atoms with Crippen molar-refractivity contribution >= 4 is 31.2 Å². The normalized spacial score (nSPS) is 25.7. The number of hydrogen-bond acceptors (Lipinski definition) is 20. The van der Waals surface area contributed by atoms with Crippen molar-refractivity contribution in [3.63, 3.8) is 0 Å². The first kappa shape index (κ1) is 72.4. The summed E-state index contributed by atoms with van der Waals surface area (Å²) in [7, 11) is -16.5. The van der Waals surface area contributed by atoms with Gasteiger partial charge in [-0.1, -0.05) is 168 Å². The zero-order valence-corrected chi connectivity index (χ0v) is 49.9. The molecule has 0 aliphatic carbocycles. The molecule has 2 rings (SSSR count). The van der Waals surface area contributed by atoms with E-state index >= 15 is 0 Å². The van der Waals surface area contributed by atoms with Gasteiger partial charge in [0.2, 0.25) is 31.2 Å². The maximum Gasteiger partial charge on any atom is 1.00 e. The van der Waals surface area contributed by atoms with Crippen molar-refractivity contribution < 1.29 is 180 Å². The summed E-state index contributed by atoms with van der Waals surface area (Å²) >= 11 is 0. The maximum absolute atomic E-state index is 11.5. The van der Waals surface area contributed by atoms with Crippen LogP contribution < -0.4 is 88.7 Å². The van der Waals surface area contributed by atoms with Crippen molar-refractivity contribution in [1.82, 2.24) is 0 Å². The molecule has 0 aromatic heterocycles. The minimum absolute atomic E-state index is 0. The van der Waals surface area contributed by atoms with Crippen LogP contribution in [0, 0.1) is 5.92 Å². The Hall–Kier alpha value is 2.29. The first-order valence-corrected chi connectivity index (χ1v) is 27.9. The molecule has 0 aromatic rings. The summed E-state index contributed by atoms with van der Waals surface area (Å²) in [5.74, 6) is 0.0309. The number of unbranched alkanes of at least 4 members (excludes halogenated alkanes) is 22. The van der Waals surface area contributed by atoms with Crippen LogP contribution >= 0.6 is 0 Å². The van der Waals surface area contributed by atoms with Gasteiger partial charge in [-0.25, -0.2) is 25.3 Å². The fourth-order valence-electron chi connectivity index (χ4n) is 8.29. The SMILES string of the molecule is CCCCCCCCCCCCCCC(CCCCCCCCCCCCCC)CO[C@@H]1O[C@H](COS(=O)(=O)[O-])[C@@H](O[C@@H]2O[C@H](COS(=O)(=O)[O-])[C@H](O)[C@H](OS(=O)(=O)[O-])[C@H]2O)[C@H](O)[C@H]1O.[Na+].[Na+].[Na+]. The van der Waals surface area contributed by atoms with Crippen LogP contribution in [0.5, 0.6) is 0 Å². The average molecular weight is 1070 g/mol. The van der Waals surface area contributed by atoms with E-state index in [2.05, 4.69) is 26.4 Å². The topological polar surface area (TPSA) is 317 Å². The molecule has 4 N–H and O–H groups in total. The standard InChI is InChI=1S/C42H82O20S3.3Na/c1-3-5-7-9-11-13-15-17-19-21-23-25-27-32(28-26-24-22-20-18-16-14-12-10-8-6-4-2)29-56-41-37(45)36(44)39(34(60-41)31-58-64(50,51)52)61-42-38(46)40(62-65(53,54)55)35(43)33(59-42)30-57-63(47,48)49;;;/h32-46H,3-31H2,1-2H3,(H,47,48,49)(H,50,51,52)(H,53,54,55);;;/q;3*+1/p-3/t33-,34-,35+,36-,37-,38-,39-,40+,41-,42+;;;/m1.../s1. The maximum atomic E-state index is 11.5. The number of hydrogen-bond donors (Lipinski definition) is 4. The summed E-state index contributed by atoms with van der Waals surface area (Å²) in [5, 5.41) is 43.9. The molecule has 0 radical (unpaired) electrons. The van der Waals surface area contributed by atoms with Gasteiger partial charge in [0.25, 0.3) is 0 Å². The molecule has 2 fully saturated rings. The van der Waals surface area contributed by atoms with Gasteiger partial charge in [-0.15, -0.1) is 0 Å². The monoisotopic (exact) mass is 1070 g/mol. The van der Waals surface area contributed by atoms with Crippen LogP contribution in [-0.4, -0.2) is 141 Å². The molecule has 0 aromatic carbocycles. The van der Waals surface area contributed by atoms with Gasteiger partial charge in [0.05, 0.1) is 19.8 Å². The van der Waals surface area contributed by atoms with E-state index in [4.69, 9.17) is 18.9 Å². The number of aliphatic hydroxyl groups is 4. The third-order valence-electron chi connectivity index (χ3n) is 12.0. The van der Waals surface area contributed by atoms with E-state index in [1.54, 1.807) is 0 Å². The van der Waals surface area contributed by atoms with Gasteiger partial charge in [0.1, 0.15) is 48.8 Å². The van der Waals surface area contributed by atoms with E-state index in [0.29, 0.717) is 0 Å². The molecule has 26 heteroatoms. The molecule has 0 unspecified atom stereocenters. The summed E-state index contributed by atoms with van der Waals surface area (Å²) < 4.78 is 137. The number of aliphatic hydroxyl groups excluding tert-OH is 4. The largest absolute Gasteiger partial charge is 1.00 e. The van der Waals surface area contributed by atoms with Crippen molar-refractivity contribution in [2.75, 3.05) is 19.8 Å². The van der Waals surface area contributed by atoms with Crippen LogP contribution in [-0.2, 0) is 62.7 Å². The van der Waals surface area contributed by atoms with Gasteiger partial charge in [-0.05, 0) is 18.8 Å². The van der Waals surface area contributed by atoms with E-state index in [9.17, 15) is 59.3 Å². The summed E-state index contributed by atoms with van der Waals surface area (Å²) in [6, 6.07) is 0. The van der Waals surface area contributed by atoms with Crippen molar-refractivity contribution in [2.45, 2.75) is 242 Å². The van der Waals surface area contributed by atoms with Crippen LogP contribution in [0.2, 0.25) is 0 Å². The number of ether oxygens (including phenoxy) is 4. The van der Waals surface area contributed by atoms with Gasteiger partial charge in [0.15, 0.2) is 12.6 Å². The second-order valence-electron chi connectivity index (χ2n) is 17.6. The van der Waals surface area contributed by atoms with Gasteiger partial charge in [0, 0.05) is 0 Å². The van der Waals surface area contributed by atoms with Crippen LogP contribution in [0.1, 0.15) is 181 Å². The van der Waals surface area contributed by atoms with Gasteiger partial charge in [-0.3, -0.25) is 12.5 Å². The molecular formula is C42H79Na3O20S3. The van der Waals surface area contributed by atoms with Crippen LogP contribution in [0.3, 0.4) is 0 Å². The molecule has 0 amide bonds. The predicted molar refractivity (Wildman–Crippen MR) is 233 cm³/mol.